The van der Waals surface area contributed by atoms with Crippen molar-refractivity contribution < 1.29 is 4.74 Å². The normalized spacial score (nSPS) is 29.6. The Kier molecular flexibility index (Phi) is 2.80. The summed E-state index contributed by atoms with van der Waals surface area (Å²) in [4.78, 5) is 0. The monoisotopic (exact) mass is 232 g/mol. The van der Waals surface area contributed by atoms with E-state index in [4.69, 9.17) is 4.74 Å². The van der Waals surface area contributed by atoms with Crippen molar-refractivity contribution in [1.82, 2.24) is 0 Å². The minimum Gasteiger partial charge on any atom is -0.357 e. The van der Waals surface area contributed by atoms with Crippen molar-refractivity contribution in [3.63, 3.8) is 0 Å². The lowest BCUT2D eigenvalue weighted by Gasteiger charge is -2.09. The zero-order valence-electron chi connectivity index (χ0n) is 10.5. The molecule has 1 aromatic carbocycles. The molecule has 1 nitrogen and oxygen atoms in total. The molecule has 2 unspecified atom stereocenters. The van der Waals surface area contributed by atoms with Gasteiger partial charge < -0.3 is 4.74 Å². The van der Waals surface area contributed by atoms with Crippen LogP contribution in [0, 0.1) is 0 Å². The maximum Gasteiger partial charge on any atom is 0.116 e. The van der Waals surface area contributed by atoms with E-state index in [0.29, 0.717) is 0 Å². The maximum atomic E-state index is 5.82. The van der Waals surface area contributed by atoms with Gasteiger partial charge in [0, 0.05) is 0 Å². The van der Waals surface area contributed by atoms with E-state index in [1.165, 1.54) is 5.56 Å². The van der Waals surface area contributed by atoms with Gasteiger partial charge in [0.05, 0.1) is 8.07 Å². The fourth-order valence-electron chi connectivity index (χ4n) is 1.79. The van der Waals surface area contributed by atoms with Gasteiger partial charge in [-0.1, -0.05) is 61.7 Å². The smallest absolute Gasteiger partial charge is 0.116 e. The van der Waals surface area contributed by atoms with Crippen molar-refractivity contribution >= 4 is 8.07 Å². The molecule has 2 atom stereocenters. The van der Waals surface area contributed by atoms with Crippen molar-refractivity contribution in [1.29, 1.82) is 0 Å². The van der Waals surface area contributed by atoms with Gasteiger partial charge in [0.1, 0.15) is 11.7 Å². The summed E-state index contributed by atoms with van der Waals surface area (Å²) in [5.74, 6) is 0. The summed E-state index contributed by atoms with van der Waals surface area (Å²) in [7, 11) is -1.12. The van der Waals surface area contributed by atoms with Gasteiger partial charge in [0.2, 0.25) is 0 Å². The Labute approximate surface area is 99.2 Å². The molecule has 0 aromatic heterocycles. The van der Waals surface area contributed by atoms with Gasteiger partial charge in [-0.25, -0.2) is 0 Å². The SMILES string of the molecule is CC1(C=C[Si](C)(C)C)OC1c1ccccc1. The van der Waals surface area contributed by atoms with E-state index < -0.39 is 8.07 Å². The maximum absolute atomic E-state index is 5.82. The van der Waals surface area contributed by atoms with E-state index in [2.05, 4.69) is 62.6 Å². The highest BCUT2D eigenvalue weighted by molar-refractivity contribution is 6.80. The Balaban J connectivity index is 2.08. The zero-order valence-corrected chi connectivity index (χ0v) is 11.5. The molecular weight excluding hydrogens is 212 g/mol. The largest absolute Gasteiger partial charge is 0.357 e. The molecule has 1 heterocycles. The molecule has 0 amide bonds. The first-order valence-electron chi connectivity index (χ1n) is 5.84. The van der Waals surface area contributed by atoms with E-state index in [1.807, 2.05) is 6.07 Å². The van der Waals surface area contributed by atoms with Crippen molar-refractivity contribution in [2.24, 2.45) is 0 Å². The molecule has 86 valence electrons. The van der Waals surface area contributed by atoms with Crippen LogP contribution in [0.1, 0.15) is 18.6 Å². The van der Waals surface area contributed by atoms with Gasteiger partial charge in [-0.2, -0.15) is 0 Å². The van der Waals surface area contributed by atoms with E-state index in [1.54, 1.807) is 0 Å². The van der Waals surface area contributed by atoms with Crippen LogP contribution in [0.15, 0.2) is 42.1 Å². The lowest BCUT2D eigenvalue weighted by molar-refractivity contribution is 0.345. The fourth-order valence-corrected chi connectivity index (χ4v) is 2.62. The predicted octanol–water partition coefficient (Wildman–Crippen LogP) is 3.95. The Morgan fingerprint density at radius 3 is 2.38 bits per heavy atom. The minimum absolute atomic E-state index is 0.0678. The van der Waals surface area contributed by atoms with Crippen LogP contribution in [0.5, 0.6) is 0 Å². The van der Waals surface area contributed by atoms with E-state index >= 15 is 0 Å². The summed E-state index contributed by atoms with van der Waals surface area (Å²) in [5, 5.41) is 0. The summed E-state index contributed by atoms with van der Waals surface area (Å²) in [6.07, 6.45) is 2.51. The average molecular weight is 232 g/mol. The number of ether oxygens (including phenoxy) is 1. The molecule has 1 saturated heterocycles. The Hall–Kier alpha value is -0.863. The van der Waals surface area contributed by atoms with Gasteiger partial charge in [-0.05, 0) is 12.5 Å². The Morgan fingerprint density at radius 1 is 1.19 bits per heavy atom. The topological polar surface area (TPSA) is 12.5 Å². The highest BCUT2D eigenvalue weighted by Gasteiger charge is 2.51. The second kappa shape index (κ2) is 3.86. The lowest BCUT2D eigenvalue weighted by Crippen LogP contribution is -2.17. The molecule has 2 heteroatoms. The molecule has 0 bridgehead atoms. The number of hydrogen-bond acceptors (Lipinski definition) is 1. The van der Waals surface area contributed by atoms with Crippen molar-refractivity contribution in [3.8, 4) is 0 Å². The second-order valence-corrected chi connectivity index (χ2v) is 10.9. The molecule has 1 aliphatic rings. The quantitative estimate of drug-likeness (QED) is 0.568. The van der Waals surface area contributed by atoms with Crippen LogP contribution >= 0.6 is 0 Å². The summed E-state index contributed by atoms with van der Waals surface area (Å²) in [6.45, 7) is 9.19. The third-order valence-corrected chi connectivity index (χ3v) is 4.02. The zero-order chi connectivity index (χ0) is 11.8. The van der Waals surface area contributed by atoms with E-state index in [0.717, 1.165) is 0 Å². The number of rotatable bonds is 3. The fraction of sp³-hybridized carbons (Fsp3) is 0.429. The molecular formula is C14H20OSi. The van der Waals surface area contributed by atoms with Crippen LogP contribution in [0.3, 0.4) is 0 Å². The molecule has 16 heavy (non-hydrogen) atoms. The molecule has 0 saturated carbocycles. The van der Waals surface area contributed by atoms with Crippen molar-refractivity contribution in [2.75, 3.05) is 0 Å². The van der Waals surface area contributed by atoms with E-state index in [-0.39, 0.29) is 11.7 Å². The third-order valence-electron chi connectivity index (χ3n) is 2.85. The highest BCUT2D eigenvalue weighted by atomic mass is 28.3. The summed E-state index contributed by atoms with van der Waals surface area (Å²) in [6, 6.07) is 10.5. The first kappa shape index (κ1) is 11.6. The standard InChI is InChI=1S/C14H20OSi/c1-14(10-11-16(2,3)4)13(15-14)12-8-6-5-7-9-12/h5-11,13H,1-4H3. The van der Waals surface area contributed by atoms with Crippen LogP contribution in [0.25, 0.3) is 0 Å². The molecule has 0 aliphatic carbocycles. The number of hydrogen-bond donors (Lipinski definition) is 0. The van der Waals surface area contributed by atoms with Gasteiger partial charge in [0.15, 0.2) is 0 Å². The molecule has 0 radical (unpaired) electrons. The van der Waals surface area contributed by atoms with Crippen LogP contribution in [0.2, 0.25) is 19.6 Å². The summed E-state index contributed by atoms with van der Waals surface area (Å²) < 4.78 is 5.82. The van der Waals surface area contributed by atoms with Gasteiger partial charge >= 0.3 is 0 Å². The second-order valence-electron chi connectivity index (χ2n) is 5.79. The molecule has 1 aromatic rings. The first-order valence-corrected chi connectivity index (χ1v) is 9.42. The Bertz CT molecular complexity index is 391. The van der Waals surface area contributed by atoms with Gasteiger partial charge in [0.25, 0.3) is 0 Å². The van der Waals surface area contributed by atoms with Crippen LogP contribution < -0.4 is 0 Å². The van der Waals surface area contributed by atoms with E-state index in [9.17, 15) is 0 Å². The molecule has 0 spiro atoms. The van der Waals surface area contributed by atoms with Gasteiger partial charge in [-0.3, -0.25) is 0 Å². The molecule has 1 fully saturated rings. The summed E-state index contributed by atoms with van der Waals surface area (Å²) in [5.41, 5.74) is 3.59. The Morgan fingerprint density at radius 2 is 1.81 bits per heavy atom. The van der Waals surface area contributed by atoms with Crippen LogP contribution in [-0.2, 0) is 4.74 Å². The number of epoxide rings is 1. The molecule has 1 aliphatic heterocycles. The molecule has 0 N–H and O–H groups in total. The van der Waals surface area contributed by atoms with Crippen molar-refractivity contribution in [2.45, 2.75) is 38.3 Å². The first-order chi connectivity index (χ1) is 7.41. The average Bonchev–Trinajstić information content (AvgIpc) is 2.90. The third kappa shape index (κ3) is 2.63. The highest BCUT2D eigenvalue weighted by Crippen LogP contribution is 2.50. The van der Waals surface area contributed by atoms with Crippen molar-refractivity contribution in [3.05, 3.63) is 47.7 Å². The minimum atomic E-state index is -1.12. The lowest BCUT2D eigenvalue weighted by atomic mass is 10.0. The van der Waals surface area contributed by atoms with Crippen LogP contribution in [-0.4, -0.2) is 13.7 Å². The molecule has 2 rings (SSSR count). The summed E-state index contributed by atoms with van der Waals surface area (Å²) >= 11 is 0. The number of benzene rings is 1. The predicted molar refractivity (Wildman–Crippen MR) is 71.2 cm³/mol. The van der Waals surface area contributed by atoms with Gasteiger partial charge in [-0.15, -0.1) is 0 Å². The van der Waals surface area contributed by atoms with Crippen LogP contribution in [0.4, 0.5) is 0 Å².